The molecule has 0 aromatic heterocycles. The van der Waals surface area contributed by atoms with Crippen LogP contribution in [0.4, 0.5) is 0 Å². The Morgan fingerprint density at radius 3 is 2.50 bits per heavy atom. The van der Waals surface area contributed by atoms with Crippen molar-refractivity contribution in [3.8, 4) is 0 Å². The summed E-state index contributed by atoms with van der Waals surface area (Å²) in [5.41, 5.74) is 0.169. The molecule has 0 aliphatic rings. The first kappa shape index (κ1) is 5.69. The molecule has 1 atom stereocenters. The Kier molecular flexibility index (Phi) is 2.75. The fraction of sp³-hybridized carbons (Fsp3) is 0.667. The van der Waals surface area contributed by atoms with Crippen molar-refractivity contribution in [2.24, 2.45) is 0 Å². The van der Waals surface area contributed by atoms with Gasteiger partial charge in [0.2, 0.25) is 0 Å². The summed E-state index contributed by atoms with van der Waals surface area (Å²) >= 11 is 0. The number of rotatable bonds is 2. The van der Waals surface area contributed by atoms with Crippen LogP contribution in [0.2, 0.25) is 0 Å². The number of ether oxygens (including phenoxy) is 1. The Morgan fingerprint density at radius 1 is 2.00 bits per heavy atom. The second kappa shape index (κ2) is 2.90. The average molecular weight is 104 g/mol. The van der Waals surface area contributed by atoms with E-state index in [1.54, 1.807) is 0 Å². The van der Waals surface area contributed by atoms with Gasteiger partial charge in [-0.3, -0.25) is 4.79 Å². The number of hydrogen-bond donors (Lipinski definition) is 0. The van der Waals surface area contributed by atoms with E-state index in [0.29, 0.717) is 6.47 Å². The SMILES string of the molecule is CC([SiH3])OC=O. The molecule has 0 heterocycles. The fourth-order valence-electron chi connectivity index (χ4n) is 0.111. The van der Waals surface area contributed by atoms with Crippen LogP contribution in [0, 0.1) is 0 Å². The van der Waals surface area contributed by atoms with Crippen LogP contribution >= 0.6 is 0 Å². The van der Waals surface area contributed by atoms with Crippen LogP contribution in [0.25, 0.3) is 0 Å². The minimum Gasteiger partial charge on any atom is -0.470 e. The first-order chi connectivity index (χ1) is 2.77. The largest absolute Gasteiger partial charge is 0.470 e. The van der Waals surface area contributed by atoms with Gasteiger partial charge in [-0.15, -0.1) is 0 Å². The highest BCUT2D eigenvalue weighted by Crippen LogP contribution is 1.73. The third-order valence-corrected chi connectivity index (χ3v) is 0.600. The summed E-state index contributed by atoms with van der Waals surface area (Å²) in [6, 6.07) is 0. The van der Waals surface area contributed by atoms with Crippen molar-refractivity contribution in [2.75, 3.05) is 0 Å². The molecule has 0 aromatic rings. The highest BCUT2D eigenvalue weighted by Gasteiger charge is 1.83. The lowest BCUT2D eigenvalue weighted by Crippen LogP contribution is -2.04. The van der Waals surface area contributed by atoms with E-state index >= 15 is 0 Å². The van der Waals surface area contributed by atoms with Crippen molar-refractivity contribution in [2.45, 2.75) is 12.7 Å². The molecular formula is C3H8O2Si. The zero-order valence-electron chi connectivity index (χ0n) is 3.97. The Hall–Kier alpha value is -0.313. The maximum Gasteiger partial charge on any atom is 0.292 e. The number of hydrogen-bond acceptors (Lipinski definition) is 2. The smallest absolute Gasteiger partial charge is 0.292 e. The van der Waals surface area contributed by atoms with Crippen LogP contribution in [0.15, 0.2) is 0 Å². The molecule has 0 N–H and O–H groups in total. The monoisotopic (exact) mass is 104 g/mol. The molecule has 0 fully saturated rings. The maximum atomic E-state index is 9.42. The van der Waals surface area contributed by atoms with Crippen molar-refractivity contribution >= 4 is 16.7 Å². The fourth-order valence-corrected chi connectivity index (χ4v) is 0.222. The first-order valence-electron chi connectivity index (χ1n) is 1.86. The van der Waals surface area contributed by atoms with Gasteiger partial charge in [-0.25, -0.2) is 0 Å². The van der Waals surface area contributed by atoms with Crippen LogP contribution < -0.4 is 0 Å². The molecule has 0 aromatic carbocycles. The van der Waals surface area contributed by atoms with Gasteiger partial charge in [-0.1, -0.05) is 0 Å². The summed E-state index contributed by atoms with van der Waals surface area (Å²) in [4.78, 5) is 9.42. The molecular weight excluding hydrogens is 96.1 g/mol. The van der Waals surface area contributed by atoms with Crippen molar-refractivity contribution in [3.63, 3.8) is 0 Å². The van der Waals surface area contributed by atoms with Crippen LogP contribution in [-0.4, -0.2) is 22.4 Å². The molecule has 36 valence electrons. The lowest BCUT2D eigenvalue weighted by atomic mass is 10.9. The Balaban J connectivity index is 2.81. The van der Waals surface area contributed by atoms with Crippen LogP contribution in [-0.2, 0) is 9.53 Å². The summed E-state index contributed by atoms with van der Waals surface area (Å²) < 4.78 is 4.42. The molecule has 0 saturated heterocycles. The highest BCUT2D eigenvalue weighted by atomic mass is 28.1. The van der Waals surface area contributed by atoms with Gasteiger partial charge in [0.15, 0.2) is 0 Å². The Morgan fingerprint density at radius 2 is 2.50 bits per heavy atom. The summed E-state index contributed by atoms with van der Waals surface area (Å²) in [6.07, 6.45) is 0. The van der Waals surface area contributed by atoms with E-state index in [2.05, 4.69) is 4.74 Å². The van der Waals surface area contributed by atoms with Gasteiger partial charge in [0.1, 0.15) is 0 Å². The molecule has 0 amide bonds. The normalized spacial score (nSPS) is 13.5. The lowest BCUT2D eigenvalue weighted by Gasteiger charge is -1.96. The molecule has 3 heteroatoms. The minimum absolute atomic E-state index is 0.169. The van der Waals surface area contributed by atoms with Gasteiger partial charge in [-0.05, 0) is 6.92 Å². The van der Waals surface area contributed by atoms with Gasteiger partial charge < -0.3 is 4.74 Å². The van der Waals surface area contributed by atoms with E-state index in [9.17, 15) is 4.79 Å². The molecule has 6 heavy (non-hydrogen) atoms. The van der Waals surface area contributed by atoms with Crippen molar-refractivity contribution < 1.29 is 9.53 Å². The maximum absolute atomic E-state index is 9.42. The van der Waals surface area contributed by atoms with E-state index in [0.717, 1.165) is 10.2 Å². The summed E-state index contributed by atoms with van der Waals surface area (Å²) in [5, 5.41) is 0. The topological polar surface area (TPSA) is 26.3 Å². The number of carbonyl (C=O) groups is 1. The van der Waals surface area contributed by atoms with Crippen LogP contribution in [0.5, 0.6) is 0 Å². The predicted molar refractivity (Wildman–Crippen MR) is 26.5 cm³/mol. The highest BCUT2D eigenvalue weighted by molar-refractivity contribution is 6.11. The lowest BCUT2D eigenvalue weighted by molar-refractivity contribution is -0.129. The molecule has 0 aliphatic heterocycles. The third kappa shape index (κ3) is 3.69. The van der Waals surface area contributed by atoms with Gasteiger partial charge in [-0.2, -0.15) is 0 Å². The van der Waals surface area contributed by atoms with Crippen molar-refractivity contribution in [1.29, 1.82) is 0 Å². The molecule has 1 unspecified atom stereocenters. The van der Waals surface area contributed by atoms with Gasteiger partial charge >= 0.3 is 0 Å². The molecule has 0 saturated carbocycles. The molecule has 2 nitrogen and oxygen atoms in total. The molecule has 0 aliphatic carbocycles. The van der Waals surface area contributed by atoms with E-state index in [1.165, 1.54) is 0 Å². The second-order valence-corrected chi connectivity index (χ2v) is 2.91. The van der Waals surface area contributed by atoms with Crippen LogP contribution in [0.1, 0.15) is 6.92 Å². The molecule has 0 spiro atoms. The van der Waals surface area contributed by atoms with E-state index < -0.39 is 0 Å². The molecule has 0 bridgehead atoms. The van der Waals surface area contributed by atoms with Gasteiger partial charge in [0.25, 0.3) is 6.47 Å². The van der Waals surface area contributed by atoms with Crippen molar-refractivity contribution in [1.82, 2.24) is 0 Å². The van der Waals surface area contributed by atoms with Crippen LogP contribution in [0.3, 0.4) is 0 Å². The Labute approximate surface area is 39.9 Å². The van der Waals surface area contributed by atoms with Gasteiger partial charge in [0.05, 0.1) is 16.0 Å². The minimum atomic E-state index is 0.169. The van der Waals surface area contributed by atoms with Crippen molar-refractivity contribution in [3.05, 3.63) is 0 Å². The standard InChI is InChI=1S/C3H8O2Si/c1-3(6)5-2-4/h2-3H,1,6H3. The first-order valence-corrected chi connectivity index (χ1v) is 3.02. The summed E-state index contributed by atoms with van der Waals surface area (Å²) in [6.45, 7) is 2.35. The number of carbonyl (C=O) groups excluding carboxylic acids is 1. The molecule has 0 rings (SSSR count). The zero-order valence-corrected chi connectivity index (χ0v) is 5.97. The van der Waals surface area contributed by atoms with Gasteiger partial charge in [0, 0.05) is 0 Å². The van der Waals surface area contributed by atoms with E-state index in [1.807, 2.05) is 6.92 Å². The summed E-state index contributed by atoms with van der Waals surface area (Å²) in [5.74, 6) is 0. The van der Waals surface area contributed by atoms with E-state index in [-0.39, 0.29) is 5.73 Å². The molecule has 0 radical (unpaired) electrons. The average Bonchev–Trinajstić information content (AvgIpc) is 1.35. The zero-order chi connectivity index (χ0) is 4.99. The quantitative estimate of drug-likeness (QED) is 0.327. The van der Waals surface area contributed by atoms with E-state index in [4.69, 9.17) is 0 Å². The Bertz CT molecular complexity index is 44.1. The predicted octanol–water partition coefficient (Wildman–Crippen LogP) is -1.13. The second-order valence-electron chi connectivity index (χ2n) is 1.28. The summed E-state index contributed by atoms with van der Waals surface area (Å²) in [7, 11) is 0.925. The third-order valence-electron chi connectivity index (χ3n) is 0.328.